The summed E-state index contributed by atoms with van der Waals surface area (Å²) < 4.78 is 9.54. The molecule has 0 saturated heterocycles. The minimum absolute atomic E-state index is 0.106. The van der Waals surface area contributed by atoms with Crippen molar-refractivity contribution < 1.29 is 9.21 Å². The van der Waals surface area contributed by atoms with E-state index in [-0.39, 0.29) is 11.7 Å². The van der Waals surface area contributed by atoms with Gasteiger partial charge in [-0.05, 0) is 32.0 Å². The molecule has 0 amide bonds. The van der Waals surface area contributed by atoms with E-state index in [1.165, 1.54) is 11.8 Å². The molecule has 0 aliphatic carbocycles. The average Bonchev–Trinajstić information content (AvgIpc) is 3.31. The largest absolute Gasteiger partial charge is 0.467 e. The fourth-order valence-electron chi connectivity index (χ4n) is 2.89. The van der Waals surface area contributed by atoms with Crippen LogP contribution < -0.4 is 0 Å². The van der Waals surface area contributed by atoms with Crippen LogP contribution in [0.3, 0.4) is 0 Å². The molecular formula is C19H24N4O2S. The molecule has 138 valence electrons. The number of aryl methyl sites for hydroxylation is 1. The SMILES string of the molecule is Cc1cc(C(=O)CSc2nnc(C(C)C)n2Cc2ccco2)c(C)n1C. The minimum Gasteiger partial charge on any atom is -0.467 e. The molecule has 26 heavy (non-hydrogen) atoms. The highest BCUT2D eigenvalue weighted by Gasteiger charge is 2.19. The van der Waals surface area contributed by atoms with Gasteiger partial charge >= 0.3 is 0 Å². The van der Waals surface area contributed by atoms with E-state index in [4.69, 9.17) is 4.42 Å². The van der Waals surface area contributed by atoms with Crippen LogP contribution in [0.2, 0.25) is 0 Å². The quantitative estimate of drug-likeness (QED) is 0.464. The van der Waals surface area contributed by atoms with E-state index in [2.05, 4.69) is 24.0 Å². The zero-order chi connectivity index (χ0) is 18.8. The predicted octanol–water partition coefficient (Wildman–Crippen LogP) is 3.97. The smallest absolute Gasteiger partial charge is 0.192 e. The molecule has 6 nitrogen and oxygen atoms in total. The highest BCUT2D eigenvalue weighted by Crippen LogP contribution is 2.24. The normalized spacial score (nSPS) is 11.5. The molecule has 0 aromatic carbocycles. The van der Waals surface area contributed by atoms with Crippen molar-refractivity contribution in [3.8, 4) is 0 Å². The Balaban J connectivity index is 1.79. The van der Waals surface area contributed by atoms with Crippen LogP contribution in [0.4, 0.5) is 0 Å². The molecule has 0 radical (unpaired) electrons. The Hall–Kier alpha value is -2.28. The molecule has 0 fully saturated rings. The Morgan fingerprint density at radius 2 is 2.08 bits per heavy atom. The summed E-state index contributed by atoms with van der Waals surface area (Å²) in [6.07, 6.45) is 1.66. The monoisotopic (exact) mass is 372 g/mol. The first-order valence-electron chi connectivity index (χ1n) is 8.63. The maximum absolute atomic E-state index is 12.7. The summed E-state index contributed by atoms with van der Waals surface area (Å²) in [5.41, 5.74) is 2.85. The molecule has 0 aliphatic heterocycles. The number of aromatic nitrogens is 4. The van der Waals surface area contributed by atoms with E-state index in [1.807, 2.05) is 48.2 Å². The number of ketones is 1. The molecule has 7 heteroatoms. The van der Waals surface area contributed by atoms with Crippen LogP contribution in [0, 0.1) is 13.8 Å². The van der Waals surface area contributed by atoms with E-state index in [9.17, 15) is 4.79 Å². The van der Waals surface area contributed by atoms with Crippen molar-refractivity contribution in [1.82, 2.24) is 19.3 Å². The highest BCUT2D eigenvalue weighted by molar-refractivity contribution is 7.99. The second-order valence-electron chi connectivity index (χ2n) is 6.72. The number of carbonyl (C=O) groups is 1. The van der Waals surface area contributed by atoms with Gasteiger partial charge < -0.3 is 8.98 Å². The number of furan rings is 1. The zero-order valence-electron chi connectivity index (χ0n) is 15.8. The summed E-state index contributed by atoms with van der Waals surface area (Å²) in [6, 6.07) is 5.75. The van der Waals surface area contributed by atoms with Crippen molar-refractivity contribution in [3.63, 3.8) is 0 Å². The van der Waals surface area contributed by atoms with Crippen LogP contribution >= 0.6 is 11.8 Å². The average molecular weight is 372 g/mol. The number of rotatable bonds is 7. The van der Waals surface area contributed by atoms with E-state index in [0.29, 0.717) is 12.3 Å². The molecule has 0 atom stereocenters. The molecule has 3 rings (SSSR count). The minimum atomic E-state index is 0.106. The number of thioether (sulfide) groups is 1. The van der Waals surface area contributed by atoms with Crippen LogP contribution in [0.1, 0.15) is 53.1 Å². The lowest BCUT2D eigenvalue weighted by Gasteiger charge is -2.10. The lowest BCUT2D eigenvalue weighted by molar-refractivity contribution is 0.102. The Morgan fingerprint density at radius 1 is 1.31 bits per heavy atom. The van der Waals surface area contributed by atoms with Crippen molar-refractivity contribution in [1.29, 1.82) is 0 Å². The van der Waals surface area contributed by atoms with Gasteiger partial charge in [-0.3, -0.25) is 9.36 Å². The maximum Gasteiger partial charge on any atom is 0.192 e. The van der Waals surface area contributed by atoms with Crippen LogP contribution in [-0.2, 0) is 13.6 Å². The van der Waals surface area contributed by atoms with Crippen molar-refractivity contribution in [3.05, 3.63) is 53.0 Å². The summed E-state index contributed by atoms with van der Waals surface area (Å²) in [6.45, 7) is 8.71. The first-order valence-corrected chi connectivity index (χ1v) is 9.61. The molecular weight excluding hydrogens is 348 g/mol. The second-order valence-corrected chi connectivity index (χ2v) is 7.66. The van der Waals surface area contributed by atoms with Crippen LogP contribution in [0.25, 0.3) is 0 Å². The van der Waals surface area contributed by atoms with Crippen LogP contribution in [0.15, 0.2) is 34.0 Å². The Labute approximate surface area is 157 Å². The number of carbonyl (C=O) groups excluding carboxylic acids is 1. The van der Waals surface area contributed by atoms with Gasteiger partial charge in [0.25, 0.3) is 0 Å². The summed E-state index contributed by atoms with van der Waals surface area (Å²) in [4.78, 5) is 12.7. The van der Waals surface area contributed by atoms with Gasteiger partial charge in [-0.1, -0.05) is 25.6 Å². The first-order chi connectivity index (χ1) is 12.4. The first kappa shape index (κ1) is 18.5. The third-order valence-electron chi connectivity index (χ3n) is 4.56. The molecule has 0 aliphatic rings. The lowest BCUT2D eigenvalue weighted by atomic mass is 10.2. The molecule has 3 aromatic rings. The highest BCUT2D eigenvalue weighted by atomic mass is 32.2. The summed E-state index contributed by atoms with van der Waals surface area (Å²) in [5.74, 6) is 2.41. The van der Waals surface area contributed by atoms with Gasteiger partial charge in [-0.25, -0.2) is 0 Å². The van der Waals surface area contributed by atoms with Gasteiger partial charge in [0.15, 0.2) is 10.9 Å². The number of Topliss-reactive ketones (excluding diaryl/α,β-unsaturated/α-hetero) is 1. The third-order valence-corrected chi connectivity index (χ3v) is 5.53. The van der Waals surface area contributed by atoms with Gasteiger partial charge in [0.1, 0.15) is 11.6 Å². The van der Waals surface area contributed by atoms with Crippen LogP contribution in [0.5, 0.6) is 0 Å². The summed E-state index contributed by atoms with van der Waals surface area (Å²) >= 11 is 1.42. The topological polar surface area (TPSA) is 65.8 Å². The maximum atomic E-state index is 12.7. The predicted molar refractivity (Wildman–Crippen MR) is 102 cm³/mol. The standard InChI is InChI=1S/C19H24N4O2S/c1-12(2)18-20-21-19(23(18)10-15-7-6-8-25-15)26-11-17(24)16-9-13(3)22(5)14(16)4/h6-9,12H,10-11H2,1-5H3. The molecule has 0 saturated carbocycles. The fraction of sp³-hybridized carbons (Fsp3) is 0.421. The fourth-order valence-corrected chi connectivity index (χ4v) is 3.71. The van der Waals surface area contributed by atoms with Gasteiger partial charge in [-0.15, -0.1) is 10.2 Å². The Kier molecular flexibility index (Phi) is 5.36. The Bertz CT molecular complexity index is 907. The van der Waals surface area contributed by atoms with Gasteiger partial charge in [0.05, 0.1) is 18.6 Å². The second kappa shape index (κ2) is 7.53. The molecule has 0 bridgehead atoms. The van der Waals surface area contributed by atoms with Crippen molar-refractivity contribution in [2.24, 2.45) is 7.05 Å². The van der Waals surface area contributed by atoms with Crippen molar-refractivity contribution >= 4 is 17.5 Å². The molecule has 0 unspecified atom stereocenters. The van der Waals surface area contributed by atoms with E-state index in [0.717, 1.165) is 33.7 Å². The van der Waals surface area contributed by atoms with Crippen molar-refractivity contribution in [2.75, 3.05) is 5.75 Å². The summed E-state index contributed by atoms with van der Waals surface area (Å²) in [5, 5.41) is 9.36. The number of hydrogen-bond acceptors (Lipinski definition) is 5. The molecule has 0 spiro atoms. The van der Waals surface area contributed by atoms with Gasteiger partial charge in [0, 0.05) is 29.9 Å². The van der Waals surface area contributed by atoms with E-state index in [1.54, 1.807) is 6.26 Å². The third kappa shape index (κ3) is 3.62. The molecule has 3 aromatic heterocycles. The number of hydrogen-bond donors (Lipinski definition) is 0. The van der Waals surface area contributed by atoms with E-state index >= 15 is 0 Å². The van der Waals surface area contributed by atoms with Gasteiger partial charge in [0.2, 0.25) is 0 Å². The van der Waals surface area contributed by atoms with Crippen LogP contribution in [-0.4, -0.2) is 30.9 Å². The number of nitrogens with zero attached hydrogens (tertiary/aromatic N) is 4. The zero-order valence-corrected chi connectivity index (χ0v) is 16.6. The van der Waals surface area contributed by atoms with E-state index < -0.39 is 0 Å². The summed E-state index contributed by atoms with van der Waals surface area (Å²) in [7, 11) is 1.98. The Morgan fingerprint density at radius 3 is 2.65 bits per heavy atom. The lowest BCUT2D eigenvalue weighted by Crippen LogP contribution is -2.09. The molecule has 3 heterocycles. The van der Waals surface area contributed by atoms with Crippen molar-refractivity contribution in [2.45, 2.75) is 45.3 Å². The molecule has 0 N–H and O–H groups in total. The van der Waals surface area contributed by atoms with Gasteiger partial charge in [-0.2, -0.15) is 0 Å².